The zero-order chi connectivity index (χ0) is 8.69. The summed E-state index contributed by atoms with van der Waals surface area (Å²) < 4.78 is 4.65. The van der Waals surface area contributed by atoms with Crippen LogP contribution in [0.3, 0.4) is 0 Å². The van der Waals surface area contributed by atoms with Gasteiger partial charge in [-0.25, -0.2) is 0 Å². The molecule has 0 aliphatic carbocycles. The molecule has 0 atom stereocenters. The molecule has 0 saturated carbocycles. The monoisotopic (exact) mass is 155 g/mol. The van der Waals surface area contributed by atoms with Crippen molar-refractivity contribution in [2.75, 3.05) is 13.7 Å². The fraction of sp³-hybridized carbons (Fsp3) is 0.286. The molecule has 0 aliphatic rings. The van der Waals surface area contributed by atoms with Crippen molar-refractivity contribution in [2.45, 2.75) is 0 Å². The largest absolute Gasteiger partial charge is 0.483 e. The van der Waals surface area contributed by atoms with Crippen molar-refractivity contribution in [1.29, 1.82) is 0 Å². The van der Waals surface area contributed by atoms with Gasteiger partial charge in [0.15, 0.2) is 5.88 Å². The van der Waals surface area contributed by atoms with Crippen LogP contribution in [0.1, 0.15) is 0 Å². The van der Waals surface area contributed by atoms with Gasteiger partial charge in [0.2, 0.25) is 0 Å². The third-order valence-corrected chi connectivity index (χ3v) is 0.967. The fourth-order valence-electron chi connectivity index (χ4n) is 0.337. The molecule has 0 unspecified atom stereocenters. The van der Waals surface area contributed by atoms with E-state index in [0.717, 1.165) is 0 Å². The molecule has 4 N–H and O–H groups in total. The van der Waals surface area contributed by atoms with Crippen LogP contribution in [0.25, 0.3) is 0 Å². The molecule has 0 spiro atoms. The van der Waals surface area contributed by atoms with E-state index in [1.807, 2.05) is 0 Å². The Labute approximate surface area is 66.2 Å². The van der Waals surface area contributed by atoms with Crippen LogP contribution in [0, 0.1) is 0 Å². The number of rotatable bonds is 4. The van der Waals surface area contributed by atoms with Gasteiger partial charge < -0.3 is 16.2 Å². The van der Waals surface area contributed by atoms with Crippen molar-refractivity contribution in [2.24, 2.45) is 16.5 Å². The van der Waals surface area contributed by atoms with E-state index in [-0.39, 0.29) is 0 Å². The normalized spacial score (nSPS) is 12.0. The summed E-state index contributed by atoms with van der Waals surface area (Å²) in [5, 5.41) is 0. The summed E-state index contributed by atoms with van der Waals surface area (Å²) in [5.74, 6) is 0.304. The van der Waals surface area contributed by atoms with Crippen LogP contribution in [0.15, 0.2) is 29.2 Å². The molecule has 62 valence electrons. The van der Waals surface area contributed by atoms with Crippen molar-refractivity contribution in [3.8, 4) is 0 Å². The van der Waals surface area contributed by atoms with Gasteiger partial charge in [0.05, 0.1) is 7.11 Å². The Balaban J connectivity index is 3.85. The third-order valence-electron chi connectivity index (χ3n) is 0.967. The first-order valence-corrected chi connectivity index (χ1v) is 3.12. The topological polar surface area (TPSA) is 73.6 Å². The minimum atomic E-state index is 0.304. The van der Waals surface area contributed by atoms with E-state index in [4.69, 9.17) is 11.5 Å². The molecule has 0 amide bonds. The van der Waals surface area contributed by atoms with E-state index in [9.17, 15) is 0 Å². The van der Waals surface area contributed by atoms with Gasteiger partial charge in [0.1, 0.15) is 0 Å². The van der Waals surface area contributed by atoms with E-state index in [1.165, 1.54) is 19.4 Å². The number of ether oxygens (including phenoxy) is 1. The molecule has 4 heteroatoms. The van der Waals surface area contributed by atoms with Crippen LogP contribution in [-0.2, 0) is 4.74 Å². The summed E-state index contributed by atoms with van der Waals surface area (Å²) in [6.45, 7) is 3.91. The van der Waals surface area contributed by atoms with E-state index in [1.54, 1.807) is 0 Å². The minimum absolute atomic E-state index is 0.304. The number of hydrogen-bond acceptors (Lipinski definition) is 4. The van der Waals surface area contributed by atoms with Crippen LogP contribution >= 0.6 is 0 Å². The standard InChI is InChI=1S/C7H13N3O/c1-6(5-8)10-4-3-7(9)11-2/h3-4H,1,5,8-9H2,2H3/b7-3+,10-4-. The van der Waals surface area contributed by atoms with Crippen LogP contribution in [0.4, 0.5) is 0 Å². The fourth-order valence-corrected chi connectivity index (χ4v) is 0.337. The van der Waals surface area contributed by atoms with Crippen LogP contribution in [0.2, 0.25) is 0 Å². The second kappa shape index (κ2) is 5.49. The average Bonchev–Trinajstić information content (AvgIpc) is 2.04. The van der Waals surface area contributed by atoms with E-state index < -0.39 is 0 Å². The second-order valence-electron chi connectivity index (χ2n) is 1.82. The van der Waals surface area contributed by atoms with E-state index in [0.29, 0.717) is 18.1 Å². The number of allylic oxidation sites excluding steroid dienone is 1. The first kappa shape index (κ1) is 9.71. The highest BCUT2D eigenvalue weighted by Gasteiger charge is 1.82. The summed E-state index contributed by atoms with van der Waals surface area (Å²) in [4.78, 5) is 3.85. The molecular formula is C7H13N3O. The molecule has 0 fully saturated rings. The van der Waals surface area contributed by atoms with Gasteiger partial charge in [-0.05, 0) is 0 Å². The predicted molar refractivity (Wildman–Crippen MR) is 46.0 cm³/mol. The van der Waals surface area contributed by atoms with Crippen LogP contribution < -0.4 is 11.5 Å². The van der Waals surface area contributed by atoms with E-state index >= 15 is 0 Å². The minimum Gasteiger partial charge on any atom is -0.483 e. The predicted octanol–water partition coefficient (Wildman–Crippen LogP) is -0.0239. The maximum atomic E-state index is 5.29. The molecule has 0 rings (SSSR count). The molecule has 4 nitrogen and oxygen atoms in total. The van der Waals surface area contributed by atoms with Crippen molar-refractivity contribution in [3.05, 3.63) is 24.2 Å². The van der Waals surface area contributed by atoms with Crippen LogP contribution in [-0.4, -0.2) is 19.9 Å². The highest BCUT2D eigenvalue weighted by Crippen LogP contribution is 1.86. The Morgan fingerprint density at radius 3 is 2.82 bits per heavy atom. The highest BCUT2D eigenvalue weighted by atomic mass is 16.5. The highest BCUT2D eigenvalue weighted by molar-refractivity contribution is 5.72. The lowest BCUT2D eigenvalue weighted by atomic mass is 10.5. The van der Waals surface area contributed by atoms with Gasteiger partial charge in [0, 0.05) is 24.5 Å². The second-order valence-corrected chi connectivity index (χ2v) is 1.82. The van der Waals surface area contributed by atoms with Crippen molar-refractivity contribution in [1.82, 2.24) is 0 Å². The zero-order valence-corrected chi connectivity index (χ0v) is 6.58. The van der Waals surface area contributed by atoms with Gasteiger partial charge in [-0.15, -0.1) is 0 Å². The molecule has 0 aromatic heterocycles. The number of methoxy groups -OCH3 is 1. The van der Waals surface area contributed by atoms with Crippen molar-refractivity contribution < 1.29 is 4.74 Å². The lowest BCUT2D eigenvalue weighted by Gasteiger charge is -1.94. The Morgan fingerprint density at radius 2 is 2.36 bits per heavy atom. The summed E-state index contributed by atoms with van der Waals surface area (Å²) >= 11 is 0. The van der Waals surface area contributed by atoms with Gasteiger partial charge in [0.25, 0.3) is 0 Å². The summed E-state index contributed by atoms with van der Waals surface area (Å²) in [7, 11) is 1.48. The number of aliphatic imine (C=N–C) groups is 1. The molecular weight excluding hydrogens is 142 g/mol. The Kier molecular flexibility index (Phi) is 4.85. The summed E-state index contributed by atoms with van der Waals surface area (Å²) in [6, 6.07) is 0. The maximum absolute atomic E-state index is 5.29. The van der Waals surface area contributed by atoms with Crippen LogP contribution in [0.5, 0.6) is 0 Å². The number of nitrogens with zero attached hydrogens (tertiary/aromatic N) is 1. The van der Waals surface area contributed by atoms with Gasteiger partial charge >= 0.3 is 0 Å². The number of nitrogens with two attached hydrogens (primary N) is 2. The van der Waals surface area contributed by atoms with Crippen molar-refractivity contribution in [3.63, 3.8) is 0 Å². The first-order valence-electron chi connectivity index (χ1n) is 3.12. The lowest BCUT2D eigenvalue weighted by Crippen LogP contribution is -2.01. The molecule has 0 aromatic rings. The summed E-state index contributed by atoms with van der Waals surface area (Å²) in [6.07, 6.45) is 3.02. The third kappa shape index (κ3) is 5.17. The smallest absolute Gasteiger partial charge is 0.185 e. The number of hydrogen-bond donors (Lipinski definition) is 2. The lowest BCUT2D eigenvalue weighted by molar-refractivity contribution is 0.288. The Hall–Kier alpha value is -1.29. The molecule has 0 bridgehead atoms. The summed E-state index contributed by atoms with van der Waals surface area (Å²) in [5.41, 5.74) is 11.1. The molecule has 11 heavy (non-hydrogen) atoms. The Morgan fingerprint density at radius 1 is 1.73 bits per heavy atom. The molecule has 0 saturated heterocycles. The van der Waals surface area contributed by atoms with Gasteiger partial charge in [-0.1, -0.05) is 6.58 Å². The van der Waals surface area contributed by atoms with Gasteiger partial charge in [-0.3, -0.25) is 4.99 Å². The van der Waals surface area contributed by atoms with Gasteiger partial charge in [-0.2, -0.15) is 0 Å². The average molecular weight is 155 g/mol. The quantitative estimate of drug-likeness (QED) is 0.442. The zero-order valence-electron chi connectivity index (χ0n) is 6.58. The maximum Gasteiger partial charge on any atom is 0.185 e. The van der Waals surface area contributed by atoms with E-state index in [2.05, 4.69) is 16.3 Å². The van der Waals surface area contributed by atoms with Crippen molar-refractivity contribution >= 4 is 6.21 Å². The molecule has 0 aliphatic heterocycles. The SMILES string of the molecule is C=C(CN)/N=C\C=C(/N)OC. The molecule has 0 heterocycles. The molecule has 0 aromatic carbocycles. The molecule has 0 radical (unpaired) electrons. The first-order chi connectivity index (χ1) is 5.20. The Bertz CT molecular complexity index is 184.